The van der Waals surface area contributed by atoms with Gasteiger partial charge in [0, 0.05) is 5.56 Å². The molecule has 1 N–H and O–H groups in total. The standard InChI is InChI=1S/C11H13N5O/c1-7-9(8(2)17-15-7)5-16-11-4-12-6-13-10(11)3-14-16/h3,6H,4-5H2,1-2H3,(H,12,13). The van der Waals surface area contributed by atoms with Gasteiger partial charge in [-0.1, -0.05) is 5.16 Å². The minimum Gasteiger partial charge on any atom is -0.361 e. The molecule has 17 heavy (non-hydrogen) atoms. The fourth-order valence-electron chi connectivity index (χ4n) is 1.96. The van der Waals surface area contributed by atoms with E-state index in [1.54, 1.807) is 6.34 Å². The minimum atomic E-state index is 0.658. The van der Waals surface area contributed by atoms with Crippen molar-refractivity contribution < 1.29 is 4.52 Å². The number of aromatic nitrogens is 3. The van der Waals surface area contributed by atoms with Gasteiger partial charge in [-0.15, -0.1) is 0 Å². The summed E-state index contributed by atoms with van der Waals surface area (Å²) in [6.07, 6.45) is 3.52. The predicted molar refractivity (Wildman–Crippen MR) is 63.1 cm³/mol. The van der Waals surface area contributed by atoms with E-state index in [4.69, 9.17) is 4.52 Å². The van der Waals surface area contributed by atoms with E-state index >= 15 is 0 Å². The molecule has 2 aromatic heterocycles. The van der Waals surface area contributed by atoms with Crippen molar-refractivity contribution in [2.75, 3.05) is 5.32 Å². The summed E-state index contributed by atoms with van der Waals surface area (Å²) in [5.41, 5.74) is 4.11. The Hall–Kier alpha value is -2.11. The zero-order valence-electron chi connectivity index (χ0n) is 9.77. The summed E-state index contributed by atoms with van der Waals surface area (Å²) in [5.74, 6) is 0.846. The van der Waals surface area contributed by atoms with Crippen molar-refractivity contribution in [1.29, 1.82) is 0 Å². The van der Waals surface area contributed by atoms with Gasteiger partial charge in [-0.05, 0) is 13.8 Å². The van der Waals surface area contributed by atoms with Crippen molar-refractivity contribution in [3.8, 4) is 0 Å². The highest BCUT2D eigenvalue weighted by atomic mass is 16.5. The molecular formula is C11H13N5O. The molecule has 2 aromatic rings. The Morgan fingerprint density at radius 1 is 1.47 bits per heavy atom. The number of aliphatic imine (C=N–C) groups is 1. The van der Waals surface area contributed by atoms with Gasteiger partial charge in [-0.2, -0.15) is 5.10 Å². The minimum absolute atomic E-state index is 0.658. The Bertz CT molecular complexity index is 561. The third-order valence-electron chi connectivity index (χ3n) is 2.99. The molecule has 0 saturated carbocycles. The molecule has 6 heteroatoms. The first-order valence-corrected chi connectivity index (χ1v) is 5.47. The molecule has 0 fully saturated rings. The average Bonchev–Trinajstić information content (AvgIpc) is 2.88. The van der Waals surface area contributed by atoms with Crippen LogP contribution in [0.15, 0.2) is 15.7 Å². The first-order valence-electron chi connectivity index (χ1n) is 5.47. The Kier molecular flexibility index (Phi) is 2.21. The zero-order chi connectivity index (χ0) is 11.8. The van der Waals surface area contributed by atoms with E-state index in [9.17, 15) is 0 Å². The van der Waals surface area contributed by atoms with Gasteiger partial charge in [0.1, 0.15) is 5.76 Å². The maximum absolute atomic E-state index is 5.15. The highest BCUT2D eigenvalue weighted by molar-refractivity contribution is 5.78. The van der Waals surface area contributed by atoms with E-state index in [1.807, 2.05) is 24.7 Å². The van der Waals surface area contributed by atoms with Gasteiger partial charge in [0.2, 0.25) is 0 Å². The molecule has 0 aliphatic carbocycles. The van der Waals surface area contributed by atoms with Crippen molar-refractivity contribution >= 4 is 12.0 Å². The number of hydrogen-bond acceptors (Lipinski definition) is 5. The molecule has 0 saturated heterocycles. The maximum Gasteiger partial charge on any atom is 0.138 e. The monoisotopic (exact) mass is 231 g/mol. The van der Waals surface area contributed by atoms with Crippen LogP contribution in [0.25, 0.3) is 0 Å². The second-order valence-corrected chi connectivity index (χ2v) is 4.08. The number of nitrogens with one attached hydrogen (secondary N) is 1. The lowest BCUT2D eigenvalue weighted by Gasteiger charge is -2.10. The molecule has 0 amide bonds. The van der Waals surface area contributed by atoms with E-state index in [1.165, 1.54) is 0 Å². The molecular weight excluding hydrogens is 218 g/mol. The van der Waals surface area contributed by atoms with Crippen LogP contribution in [0.4, 0.5) is 5.69 Å². The Morgan fingerprint density at radius 2 is 2.35 bits per heavy atom. The fraction of sp³-hybridized carbons (Fsp3) is 0.364. The smallest absolute Gasteiger partial charge is 0.138 e. The van der Waals surface area contributed by atoms with Crippen molar-refractivity contribution in [3.63, 3.8) is 0 Å². The number of anilines is 1. The van der Waals surface area contributed by atoms with Gasteiger partial charge >= 0.3 is 0 Å². The lowest BCUT2D eigenvalue weighted by atomic mass is 10.2. The van der Waals surface area contributed by atoms with Crippen LogP contribution >= 0.6 is 0 Å². The molecule has 3 heterocycles. The van der Waals surface area contributed by atoms with Crippen LogP contribution < -0.4 is 5.32 Å². The van der Waals surface area contributed by atoms with Crippen LogP contribution in [-0.2, 0) is 13.1 Å². The quantitative estimate of drug-likeness (QED) is 0.850. The molecule has 0 spiro atoms. The Balaban J connectivity index is 1.94. The van der Waals surface area contributed by atoms with E-state index in [2.05, 4.69) is 20.6 Å². The van der Waals surface area contributed by atoms with Crippen LogP contribution in [0.5, 0.6) is 0 Å². The van der Waals surface area contributed by atoms with Crippen LogP contribution in [0.1, 0.15) is 22.7 Å². The summed E-state index contributed by atoms with van der Waals surface area (Å²) in [5, 5.41) is 11.4. The van der Waals surface area contributed by atoms with E-state index < -0.39 is 0 Å². The first kappa shape index (κ1) is 10.1. The molecule has 1 aliphatic heterocycles. The normalized spacial score (nSPS) is 13.5. The highest BCUT2D eigenvalue weighted by Crippen LogP contribution is 2.21. The Morgan fingerprint density at radius 3 is 3.12 bits per heavy atom. The topological polar surface area (TPSA) is 68.2 Å². The molecule has 88 valence electrons. The maximum atomic E-state index is 5.15. The zero-order valence-corrected chi connectivity index (χ0v) is 9.77. The lowest BCUT2D eigenvalue weighted by molar-refractivity contribution is 0.391. The van der Waals surface area contributed by atoms with E-state index in [0.717, 1.165) is 28.4 Å². The fourth-order valence-corrected chi connectivity index (χ4v) is 1.96. The summed E-state index contributed by atoms with van der Waals surface area (Å²) in [4.78, 5) is 4.19. The van der Waals surface area contributed by atoms with E-state index in [0.29, 0.717) is 13.1 Å². The summed E-state index contributed by atoms with van der Waals surface area (Å²) >= 11 is 0. The second kappa shape index (κ2) is 3.73. The van der Waals surface area contributed by atoms with Crippen molar-refractivity contribution in [1.82, 2.24) is 14.9 Å². The third-order valence-corrected chi connectivity index (χ3v) is 2.99. The number of fused-ring (bicyclic) bond motifs is 1. The molecule has 0 aromatic carbocycles. The number of hydrogen-bond donors (Lipinski definition) is 1. The summed E-state index contributed by atoms with van der Waals surface area (Å²) in [6, 6.07) is 0. The van der Waals surface area contributed by atoms with Gasteiger partial charge in [-0.3, -0.25) is 9.67 Å². The number of aryl methyl sites for hydroxylation is 2. The summed E-state index contributed by atoms with van der Waals surface area (Å²) in [6.45, 7) is 5.19. The molecule has 1 aliphatic rings. The average molecular weight is 231 g/mol. The van der Waals surface area contributed by atoms with Gasteiger partial charge < -0.3 is 9.84 Å². The second-order valence-electron chi connectivity index (χ2n) is 4.08. The van der Waals surface area contributed by atoms with Crippen LogP contribution in [0.3, 0.4) is 0 Å². The summed E-state index contributed by atoms with van der Waals surface area (Å²) in [7, 11) is 0. The molecule has 3 rings (SSSR count). The van der Waals surface area contributed by atoms with Crippen molar-refractivity contribution in [3.05, 3.63) is 28.9 Å². The van der Waals surface area contributed by atoms with E-state index in [-0.39, 0.29) is 0 Å². The lowest BCUT2D eigenvalue weighted by Crippen LogP contribution is -2.11. The molecule has 0 radical (unpaired) electrons. The van der Waals surface area contributed by atoms with Crippen molar-refractivity contribution in [2.24, 2.45) is 4.99 Å². The molecule has 0 unspecified atom stereocenters. The largest absolute Gasteiger partial charge is 0.361 e. The van der Waals surface area contributed by atoms with Crippen LogP contribution in [0, 0.1) is 13.8 Å². The number of nitrogens with zero attached hydrogens (tertiary/aromatic N) is 4. The van der Waals surface area contributed by atoms with Gasteiger partial charge in [0.15, 0.2) is 0 Å². The van der Waals surface area contributed by atoms with Crippen LogP contribution in [0.2, 0.25) is 0 Å². The van der Waals surface area contributed by atoms with Crippen molar-refractivity contribution in [2.45, 2.75) is 26.9 Å². The molecule has 6 nitrogen and oxygen atoms in total. The summed E-state index contributed by atoms with van der Waals surface area (Å²) < 4.78 is 7.09. The highest BCUT2D eigenvalue weighted by Gasteiger charge is 2.16. The van der Waals surface area contributed by atoms with Crippen LogP contribution in [-0.4, -0.2) is 21.3 Å². The SMILES string of the molecule is Cc1noc(C)c1Cn1ncc2c1CN=CN2. The van der Waals surface area contributed by atoms with Gasteiger partial charge in [-0.25, -0.2) is 0 Å². The third kappa shape index (κ3) is 1.61. The molecule has 0 atom stereocenters. The first-order chi connectivity index (χ1) is 8.25. The Labute approximate surface area is 98.3 Å². The van der Waals surface area contributed by atoms with Gasteiger partial charge in [0.05, 0.1) is 42.7 Å². The number of rotatable bonds is 2. The molecule has 0 bridgehead atoms. The predicted octanol–water partition coefficient (Wildman–Crippen LogP) is 1.49. The van der Waals surface area contributed by atoms with Gasteiger partial charge in [0.25, 0.3) is 0 Å².